The van der Waals surface area contributed by atoms with Crippen molar-refractivity contribution in [1.82, 2.24) is 10.2 Å². The molecule has 0 saturated heterocycles. The Morgan fingerprint density at radius 1 is 0.852 bits per heavy atom. The highest BCUT2D eigenvalue weighted by molar-refractivity contribution is 6.11. The number of aryl methyl sites for hydroxylation is 1. The van der Waals surface area contributed by atoms with Gasteiger partial charge in [-0.1, -0.05) is 97.1 Å². The predicted octanol–water partition coefficient (Wildman–Crippen LogP) is 5.83. The lowest BCUT2D eigenvalue weighted by Crippen LogP contribution is -2.45. The minimum absolute atomic E-state index is 0.0481. The first kappa shape index (κ1) is 39.4. The normalized spacial score (nSPS) is 15.5. The summed E-state index contributed by atoms with van der Waals surface area (Å²) in [5.41, 5.74) is 8.72. The third-order valence-electron chi connectivity index (χ3n) is 8.95. The monoisotopic (exact) mass is 732 g/mol. The molecule has 0 aliphatic carbocycles. The average molecular weight is 733 g/mol. The summed E-state index contributed by atoms with van der Waals surface area (Å²) in [4.78, 5) is 71.8. The molecule has 3 unspecified atom stereocenters. The number of carbonyl (C=O) groups is 5. The highest BCUT2D eigenvalue weighted by Gasteiger charge is 2.44. The maximum atomic E-state index is 15.2. The first-order chi connectivity index (χ1) is 25.9. The number of carbonyl (C=O) groups excluding carboxylic acids is 5. The standard InChI is InChI=1S/C43H48N4O7/c1-5-53-38(49)26-36(31-17-11-7-12-18-31)47-39(32-19-13-8-14-20-32)41(51)46(28-30-15-9-6-10-16-30)35-23-21-29(25-33(35)40(47)50)22-24-37(48)45-27-34(44)42(52)54-43(2,3)4/h6-21,23,25,34,36,39H,5,22,24,26-28,44H2,1-4H3,(H,45,48). The zero-order chi connectivity index (χ0) is 38.8. The summed E-state index contributed by atoms with van der Waals surface area (Å²) < 4.78 is 10.7. The Kier molecular flexibility index (Phi) is 13.0. The molecule has 11 nitrogen and oxygen atoms in total. The van der Waals surface area contributed by atoms with Crippen molar-refractivity contribution in [3.8, 4) is 0 Å². The molecule has 5 rings (SSSR count). The molecule has 1 heterocycles. The van der Waals surface area contributed by atoms with Crippen LogP contribution in [0.3, 0.4) is 0 Å². The van der Waals surface area contributed by atoms with E-state index in [0.717, 1.165) is 5.56 Å². The molecule has 0 saturated carbocycles. The van der Waals surface area contributed by atoms with Gasteiger partial charge in [0, 0.05) is 13.0 Å². The molecule has 4 aromatic carbocycles. The van der Waals surface area contributed by atoms with Crippen LogP contribution in [-0.4, -0.2) is 59.4 Å². The van der Waals surface area contributed by atoms with Gasteiger partial charge in [-0.2, -0.15) is 0 Å². The van der Waals surface area contributed by atoms with E-state index in [1.165, 1.54) is 4.90 Å². The van der Waals surface area contributed by atoms with Gasteiger partial charge >= 0.3 is 11.9 Å². The lowest BCUT2D eigenvalue weighted by atomic mass is 9.95. The number of amides is 3. The molecular weight excluding hydrogens is 684 g/mol. The zero-order valence-electron chi connectivity index (χ0n) is 31.2. The van der Waals surface area contributed by atoms with E-state index in [0.29, 0.717) is 22.4 Å². The summed E-state index contributed by atoms with van der Waals surface area (Å²) in [6.45, 7) is 7.18. The summed E-state index contributed by atoms with van der Waals surface area (Å²) in [6.07, 6.45) is 0.125. The molecule has 3 atom stereocenters. The second kappa shape index (κ2) is 17.8. The number of fused-ring (bicyclic) bond motifs is 1. The molecule has 0 spiro atoms. The van der Waals surface area contributed by atoms with E-state index in [9.17, 15) is 14.4 Å². The molecule has 282 valence electrons. The number of rotatable bonds is 14. The van der Waals surface area contributed by atoms with Crippen LogP contribution in [0.25, 0.3) is 0 Å². The van der Waals surface area contributed by atoms with Gasteiger partial charge in [0.1, 0.15) is 17.7 Å². The fraction of sp³-hybridized carbons (Fsp3) is 0.326. The van der Waals surface area contributed by atoms with Crippen molar-refractivity contribution in [2.45, 2.75) is 77.2 Å². The second-order valence-electron chi connectivity index (χ2n) is 14.2. The van der Waals surface area contributed by atoms with Crippen molar-refractivity contribution in [1.29, 1.82) is 0 Å². The number of hydrogen-bond donors (Lipinski definition) is 2. The maximum Gasteiger partial charge on any atom is 0.325 e. The number of nitrogens with zero attached hydrogens (tertiary/aromatic N) is 2. The number of benzene rings is 4. The SMILES string of the molecule is CCOC(=O)CC(c1ccccc1)N1C(=O)c2cc(CCC(=O)NCC(N)C(=O)OC(C)(C)C)ccc2N(Cc2ccccc2)C(=O)C1c1ccccc1. The van der Waals surface area contributed by atoms with Crippen LogP contribution in [0.15, 0.2) is 109 Å². The average Bonchev–Trinajstić information content (AvgIpc) is 3.24. The molecule has 0 aromatic heterocycles. The Morgan fingerprint density at radius 2 is 1.48 bits per heavy atom. The Hall–Kier alpha value is -5.81. The van der Waals surface area contributed by atoms with Gasteiger partial charge in [-0.25, -0.2) is 0 Å². The minimum Gasteiger partial charge on any atom is -0.466 e. The Morgan fingerprint density at radius 3 is 2.11 bits per heavy atom. The third kappa shape index (κ3) is 9.99. The minimum atomic E-state index is -1.10. The lowest BCUT2D eigenvalue weighted by Gasteiger charge is -2.37. The van der Waals surface area contributed by atoms with Gasteiger partial charge in [0.2, 0.25) is 5.91 Å². The molecule has 11 heteroatoms. The number of nitrogens with one attached hydrogen (secondary N) is 1. The molecule has 0 radical (unpaired) electrons. The van der Waals surface area contributed by atoms with E-state index in [4.69, 9.17) is 15.2 Å². The summed E-state index contributed by atoms with van der Waals surface area (Å²) >= 11 is 0. The maximum absolute atomic E-state index is 15.2. The molecule has 3 N–H and O–H groups in total. The van der Waals surface area contributed by atoms with Crippen molar-refractivity contribution in [3.63, 3.8) is 0 Å². The van der Waals surface area contributed by atoms with Crippen LogP contribution in [-0.2, 0) is 41.6 Å². The molecule has 0 bridgehead atoms. The topological polar surface area (TPSA) is 148 Å². The van der Waals surface area contributed by atoms with Crippen LogP contribution in [0.5, 0.6) is 0 Å². The number of esters is 2. The van der Waals surface area contributed by atoms with Crippen molar-refractivity contribution in [2.75, 3.05) is 18.1 Å². The second-order valence-corrected chi connectivity index (χ2v) is 14.2. The molecule has 4 aromatic rings. The molecule has 54 heavy (non-hydrogen) atoms. The molecule has 0 fully saturated rings. The van der Waals surface area contributed by atoms with Gasteiger partial charge in [-0.15, -0.1) is 0 Å². The smallest absolute Gasteiger partial charge is 0.325 e. The highest BCUT2D eigenvalue weighted by atomic mass is 16.6. The van der Waals surface area contributed by atoms with Gasteiger partial charge in [0.05, 0.1) is 36.9 Å². The van der Waals surface area contributed by atoms with Gasteiger partial charge in [-0.05, 0) is 68.5 Å². The zero-order valence-corrected chi connectivity index (χ0v) is 31.2. The van der Waals surface area contributed by atoms with Crippen LogP contribution in [0.1, 0.15) is 85.2 Å². The van der Waals surface area contributed by atoms with Gasteiger partial charge in [0.15, 0.2) is 0 Å². The van der Waals surface area contributed by atoms with Gasteiger partial charge < -0.3 is 30.3 Å². The van der Waals surface area contributed by atoms with Crippen LogP contribution in [0.4, 0.5) is 5.69 Å². The first-order valence-electron chi connectivity index (χ1n) is 18.2. The van der Waals surface area contributed by atoms with Crippen molar-refractivity contribution >= 4 is 35.3 Å². The Labute approximate surface area is 316 Å². The summed E-state index contributed by atoms with van der Waals surface area (Å²) in [5.74, 6) is -2.24. The predicted molar refractivity (Wildman–Crippen MR) is 205 cm³/mol. The molecule has 1 aliphatic rings. The fourth-order valence-corrected chi connectivity index (χ4v) is 6.44. The summed E-state index contributed by atoms with van der Waals surface area (Å²) in [5, 5.41) is 2.70. The number of hydrogen-bond acceptors (Lipinski definition) is 8. The fourth-order valence-electron chi connectivity index (χ4n) is 6.44. The van der Waals surface area contributed by atoms with Gasteiger partial charge in [-0.3, -0.25) is 24.0 Å². The van der Waals surface area contributed by atoms with E-state index < -0.39 is 41.6 Å². The van der Waals surface area contributed by atoms with Crippen molar-refractivity contribution in [3.05, 3.63) is 137 Å². The van der Waals surface area contributed by atoms with Crippen LogP contribution < -0.4 is 16.0 Å². The van der Waals surface area contributed by atoms with Crippen molar-refractivity contribution in [2.24, 2.45) is 5.73 Å². The quantitative estimate of drug-likeness (QED) is 0.154. The van der Waals surface area contributed by atoms with E-state index in [-0.39, 0.29) is 56.3 Å². The molecule has 3 amide bonds. The van der Waals surface area contributed by atoms with E-state index in [2.05, 4.69) is 5.32 Å². The largest absolute Gasteiger partial charge is 0.466 e. The third-order valence-corrected chi connectivity index (χ3v) is 8.95. The summed E-state index contributed by atoms with van der Waals surface area (Å²) in [6, 6.07) is 30.1. The molecular formula is C43H48N4O7. The van der Waals surface area contributed by atoms with E-state index >= 15 is 9.59 Å². The highest BCUT2D eigenvalue weighted by Crippen LogP contribution is 2.42. The van der Waals surface area contributed by atoms with Crippen molar-refractivity contribution < 1.29 is 33.4 Å². The van der Waals surface area contributed by atoms with Crippen LogP contribution >= 0.6 is 0 Å². The van der Waals surface area contributed by atoms with Gasteiger partial charge in [0.25, 0.3) is 11.8 Å². The number of ether oxygens (including phenoxy) is 2. The Bertz CT molecular complexity index is 1930. The Balaban J connectivity index is 1.54. The lowest BCUT2D eigenvalue weighted by molar-refractivity contribution is -0.156. The molecule has 1 aliphatic heterocycles. The first-order valence-corrected chi connectivity index (χ1v) is 18.2. The van der Waals surface area contributed by atoms with E-state index in [1.54, 1.807) is 50.8 Å². The number of anilines is 1. The van der Waals surface area contributed by atoms with E-state index in [1.807, 2.05) is 91.0 Å². The van der Waals surface area contributed by atoms with Crippen LogP contribution in [0, 0.1) is 0 Å². The van der Waals surface area contributed by atoms with Crippen LogP contribution in [0.2, 0.25) is 0 Å². The summed E-state index contributed by atoms with van der Waals surface area (Å²) in [7, 11) is 0. The number of nitrogens with two attached hydrogens (primary N) is 1.